The molecular formula is C16H23IO. The average Bonchev–Trinajstić information content (AvgIpc) is 2.38. The molecule has 18 heavy (non-hydrogen) atoms. The summed E-state index contributed by atoms with van der Waals surface area (Å²) in [6.07, 6.45) is 5.99. The maximum atomic E-state index is 6.39. The van der Waals surface area contributed by atoms with Gasteiger partial charge < -0.3 is 4.74 Å². The van der Waals surface area contributed by atoms with E-state index in [-0.39, 0.29) is 6.10 Å². The molecule has 1 aromatic carbocycles. The van der Waals surface area contributed by atoms with Crippen molar-refractivity contribution in [1.82, 2.24) is 0 Å². The fraction of sp³-hybridized carbons (Fsp3) is 0.625. The first-order valence-corrected chi connectivity index (χ1v) is 8.51. The van der Waals surface area contributed by atoms with Crippen LogP contribution in [0.1, 0.15) is 49.8 Å². The van der Waals surface area contributed by atoms with Crippen LogP contribution in [0, 0.1) is 12.8 Å². The molecule has 2 heteroatoms. The molecule has 2 rings (SSSR count). The SMILES string of the molecule is Cc1cccc(C(CI)OC2CCCCC2C)c1. The van der Waals surface area contributed by atoms with E-state index in [0.29, 0.717) is 12.0 Å². The van der Waals surface area contributed by atoms with Gasteiger partial charge in [0.05, 0.1) is 12.2 Å². The Morgan fingerprint density at radius 1 is 1.33 bits per heavy atom. The van der Waals surface area contributed by atoms with Gasteiger partial charge >= 0.3 is 0 Å². The summed E-state index contributed by atoms with van der Waals surface area (Å²) < 4.78 is 7.42. The number of aryl methyl sites for hydroxylation is 1. The van der Waals surface area contributed by atoms with Crippen molar-refractivity contribution in [2.24, 2.45) is 5.92 Å². The quantitative estimate of drug-likeness (QED) is 0.540. The van der Waals surface area contributed by atoms with Gasteiger partial charge in [-0.3, -0.25) is 0 Å². The first kappa shape index (κ1) is 14.3. The lowest BCUT2D eigenvalue weighted by Gasteiger charge is -2.32. The minimum Gasteiger partial charge on any atom is -0.369 e. The Morgan fingerprint density at radius 2 is 2.11 bits per heavy atom. The molecule has 0 spiro atoms. The van der Waals surface area contributed by atoms with Gasteiger partial charge in [-0.15, -0.1) is 0 Å². The van der Waals surface area contributed by atoms with Crippen LogP contribution in [0.2, 0.25) is 0 Å². The van der Waals surface area contributed by atoms with Crippen LogP contribution in [-0.2, 0) is 4.74 Å². The van der Waals surface area contributed by atoms with Crippen molar-refractivity contribution in [1.29, 1.82) is 0 Å². The van der Waals surface area contributed by atoms with Gasteiger partial charge in [0.15, 0.2) is 0 Å². The number of ether oxygens (including phenoxy) is 1. The molecule has 100 valence electrons. The standard InChI is InChI=1S/C16H23IO/c1-12-6-5-8-14(10-12)16(11-17)18-15-9-4-3-7-13(15)2/h5-6,8,10,13,15-16H,3-4,7,9,11H2,1-2H3. The maximum Gasteiger partial charge on any atom is 0.0918 e. The summed E-state index contributed by atoms with van der Waals surface area (Å²) in [5, 5.41) is 0. The molecule has 0 N–H and O–H groups in total. The summed E-state index contributed by atoms with van der Waals surface area (Å²) in [6.45, 7) is 4.49. The number of hydrogen-bond donors (Lipinski definition) is 0. The average molecular weight is 358 g/mol. The molecular weight excluding hydrogens is 335 g/mol. The Labute approximate surface area is 124 Å². The second kappa shape index (κ2) is 6.90. The van der Waals surface area contributed by atoms with Gasteiger partial charge in [-0.05, 0) is 31.2 Å². The van der Waals surface area contributed by atoms with Crippen LogP contribution in [-0.4, -0.2) is 10.5 Å². The van der Waals surface area contributed by atoms with E-state index in [1.54, 1.807) is 0 Å². The second-order valence-corrected chi connectivity index (χ2v) is 6.37. The number of hydrogen-bond acceptors (Lipinski definition) is 1. The highest BCUT2D eigenvalue weighted by molar-refractivity contribution is 14.1. The molecule has 0 saturated heterocycles. The van der Waals surface area contributed by atoms with Gasteiger partial charge in [-0.25, -0.2) is 0 Å². The van der Waals surface area contributed by atoms with Crippen molar-refractivity contribution in [2.75, 3.05) is 4.43 Å². The zero-order valence-corrected chi connectivity index (χ0v) is 13.5. The predicted molar refractivity (Wildman–Crippen MR) is 85.3 cm³/mol. The molecule has 0 radical (unpaired) electrons. The first-order chi connectivity index (χ1) is 8.70. The molecule has 3 unspecified atom stereocenters. The number of halogens is 1. The molecule has 0 bridgehead atoms. The molecule has 1 aromatic rings. The molecule has 0 heterocycles. The van der Waals surface area contributed by atoms with Crippen molar-refractivity contribution in [2.45, 2.75) is 51.7 Å². The Morgan fingerprint density at radius 3 is 2.78 bits per heavy atom. The van der Waals surface area contributed by atoms with Crippen LogP contribution >= 0.6 is 22.6 Å². The van der Waals surface area contributed by atoms with Crippen molar-refractivity contribution in [3.05, 3.63) is 35.4 Å². The Kier molecular flexibility index (Phi) is 5.49. The normalized spacial score (nSPS) is 25.9. The number of alkyl halides is 1. The van der Waals surface area contributed by atoms with Crippen LogP contribution in [0.4, 0.5) is 0 Å². The fourth-order valence-corrected chi connectivity index (χ4v) is 3.49. The van der Waals surface area contributed by atoms with Crippen molar-refractivity contribution < 1.29 is 4.74 Å². The number of rotatable bonds is 4. The largest absolute Gasteiger partial charge is 0.369 e. The van der Waals surface area contributed by atoms with Gasteiger partial charge in [0.25, 0.3) is 0 Å². The van der Waals surface area contributed by atoms with E-state index in [9.17, 15) is 0 Å². The van der Waals surface area contributed by atoms with E-state index in [1.807, 2.05) is 0 Å². The summed E-state index contributed by atoms with van der Waals surface area (Å²) in [7, 11) is 0. The van der Waals surface area contributed by atoms with Gasteiger partial charge in [-0.2, -0.15) is 0 Å². The summed E-state index contributed by atoms with van der Waals surface area (Å²) in [5.41, 5.74) is 2.66. The smallest absolute Gasteiger partial charge is 0.0918 e. The highest BCUT2D eigenvalue weighted by Gasteiger charge is 2.25. The zero-order valence-electron chi connectivity index (χ0n) is 11.4. The summed E-state index contributed by atoms with van der Waals surface area (Å²) in [6, 6.07) is 8.75. The second-order valence-electron chi connectivity index (χ2n) is 5.49. The van der Waals surface area contributed by atoms with E-state index in [1.165, 1.54) is 36.8 Å². The van der Waals surface area contributed by atoms with Crippen LogP contribution in [0.3, 0.4) is 0 Å². The van der Waals surface area contributed by atoms with Crippen molar-refractivity contribution in [3.63, 3.8) is 0 Å². The van der Waals surface area contributed by atoms with Crippen molar-refractivity contribution >= 4 is 22.6 Å². The van der Waals surface area contributed by atoms with Gasteiger partial charge in [0, 0.05) is 4.43 Å². The fourth-order valence-electron chi connectivity index (χ4n) is 2.77. The Hall–Kier alpha value is -0.0900. The van der Waals surface area contributed by atoms with E-state index >= 15 is 0 Å². The molecule has 1 saturated carbocycles. The molecule has 1 aliphatic rings. The maximum absolute atomic E-state index is 6.39. The minimum atomic E-state index is 0.260. The Balaban J connectivity index is 2.04. The van der Waals surface area contributed by atoms with E-state index < -0.39 is 0 Å². The van der Waals surface area contributed by atoms with Crippen LogP contribution in [0.25, 0.3) is 0 Å². The molecule has 0 aliphatic heterocycles. The third-order valence-corrected chi connectivity index (χ3v) is 4.73. The topological polar surface area (TPSA) is 9.23 Å². The molecule has 1 fully saturated rings. The number of benzene rings is 1. The molecule has 0 amide bonds. The van der Waals surface area contributed by atoms with E-state index in [2.05, 4.69) is 60.7 Å². The lowest BCUT2D eigenvalue weighted by Crippen LogP contribution is -2.27. The Bertz CT molecular complexity index is 377. The monoisotopic (exact) mass is 358 g/mol. The molecule has 3 atom stereocenters. The van der Waals surface area contributed by atoms with Crippen LogP contribution < -0.4 is 0 Å². The zero-order chi connectivity index (χ0) is 13.0. The summed E-state index contributed by atoms with van der Waals surface area (Å²) >= 11 is 2.44. The first-order valence-electron chi connectivity index (χ1n) is 6.98. The lowest BCUT2D eigenvalue weighted by atomic mass is 9.88. The third-order valence-electron chi connectivity index (χ3n) is 3.93. The van der Waals surface area contributed by atoms with Crippen molar-refractivity contribution in [3.8, 4) is 0 Å². The minimum absolute atomic E-state index is 0.260. The molecule has 0 aromatic heterocycles. The lowest BCUT2D eigenvalue weighted by molar-refractivity contribution is -0.0461. The van der Waals surface area contributed by atoms with Gasteiger partial charge in [0.2, 0.25) is 0 Å². The van der Waals surface area contributed by atoms with E-state index in [4.69, 9.17) is 4.74 Å². The summed E-state index contributed by atoms with van der Waals surface area (Å²) in [4.78, 5) is 0. The van der Waals surface area contributed by atoms with Gasteiger partial charge in [-0.1, -0.05) is 72.2 Å². The van der Waals surface area contributed by atoms with E-state index in [0.717, 1.165) is 4.43 Å². The third kappa shape index (κ3) is 3.70. The highest BCUT2D eigenvalue weighted by atomic mass is 127. The summed E-state index contributed by atoms with van der Waals surface area (Å²) in [5.74, 6) is 0.717. The van der Waals surface area contributed by atoms with Crippen LogP contribution in [0.15, 0.2) is 24.3 Å². The van der Waals surface area contributed by atoms with Gasteiger partial charge in [0.1, 0.15) is 0 Å². The van der Waals surface area contributed by atoms with Crippen LogP contribution in [0.5, 0.6) is 0 Å². The predicted octanol–water partition coefficient (Wildman–Crippen LogP) is 5.07. The molecule has 1 aliphatic carbocycles. The highest BCUT2D eigenvalue weighted by Crippen LogP contribution is 2.31. The molecule has 1 nitrogen and oxygen atoms in total.